The first kappa shape index (κ1) is 49.0. The normalized spacial score (nSPS) is 13.8. The van der Waals surface area contributed by atoms with E-state index >= 15 is 0 Å². The smallest absolute Gasteiger partial charge is 0.164 e. The van der Waals surface area contributed by atoms with E-state index < -0.39 is 0 Å². The molecule has 0 fully saturated rings. The van der Waals surface area contributed by atoms with Gasteiger partial charge < -0.3 is 0 Å². The second kappa shape index (κ2) is 20.1. The van der Waals surface area contributed by atoms with Gasteiger partial charge in [-0.25, -0.2) is 39.9 Å². The maximum absolute atomic E-state index is 5.33. The van der Waals surface area contributed by atoms with Gasteiger partial charge in [-0.2, -0.15) is 0 Å². The lowest BCUT2D eigenvalue weighted by molar-refractivity contribution is 0.754. The Morgan fingerprint density at radius 1 is 0.209 bits per heavy atom. The van der Waals surface area contributed by atoms with Gasteiger partial charge in [0.2, 0.25) is 0 Å². The van der Waals surface area contributed by atoms with Crippen molar-refractivity contribution in [2.24, 2.45) is 0 Å². The minimum Gasteiger partial charge on any atom is -0.292 e. The molecule has 402 valence electrons. The second-order valence-electron chi connectivity index (χ2n) is 21.9. The average molecular weight is 1100 g/mol. The van der Waals surface area contributed by atoms with E-state index in [1.807, 2.05) is 60.7 Å². The van der Waals surface area contributed by atoms with Crippen LogP contribution in [0.2, 0.25) is 0 Å². The summed E-state index contributed by atoms with van der Waals surface area (Å²) in [5, 5.41) is 0. The topological polar surface area (TPSA) is 113 Å². The highest BCUT2D eigenvalue weighted by Crippen LogP contribution is 2.57. The van der Waals surface area contributed by atoms with Crippen LogP contribution < -0.4 is 0 Å². The molecule has 0 N–H and O–H groups in total. The summed E-state index contributed by atoms with van der Waals surface area (Å²) in [5.74, 6) is 5.15. The first-order chi connectivity index (χ1) is 42.6. The van der Waals surface area contributed by atoms with Gasteiger partial charge in [0, 0.05) is 67.7 Å². The monoisotopic (exact) mass is 1100 g/mol. The quantitative estimate of drug-likeness (QED) is 0.133. The summed E-state index contributed by atoms with van der Waals surface area (Å²) in [5.41, 5.74) is 20.9. The Morgan fingerprint density at radius 2 is 0.512 bits per heavy atom. The first-order valence-corrected chi connectivity index (χ1v) is 28.9. The molecule has 86 heavy (non-hydrogen) atoms. The maximum Gasteiger partial charge on any atom is 0.164 e. The predicted molar refractivity (Wildman–Crippen MR) is 341 cm³/mol. The highest BCUT2D eigenvalue weighted by atomic mass is 15.1. The van der Waals surface area contributed by atoms with Crippen LogP contribution in [-0.2, 0) is 0 Å². The van der Waals surface area contributed by atoms with Crippen LogP contribution in [0.5, 0.6) is 0 Å². The minimum absolute atomic E-state index is 0.0396. The molecule has 0 saturated carbocycles. The molecule has 4 aromatic heterocycles. The Kier molecular flexibility index (Phi) is 11.4. The first-order valence-electron chi connectivity index (χ1n) is 28.9. The standard InChI is InChI=1S/C76H48N10/c1-5-21-47(22-6-1)69-79-71(49-25-19-27-53(43-49)75-77-63-35-15-17-37-65(63)85(75)55-29-9-3-10-30-55)83-73(81-69)51-39-41-59-61(45-51)67-57-33-13-14-34-58(57)68(59)62-46-52(40-42-60(62)67)74-82-70(48-23-7-2-8-24-48)80-72(84-74)50-26-20-28-54(44-50)76-78-64-36-16-18-38-66(64)86(76)56-31-11-4-12-32-56/h1-46,67-68H. The van der Waals surface area contributed by atoms with E-state index in [-0.39, 0.29) is 11.8 Å². The lowest BCUT2D eigenvalue weighted by Crippen LogP contribution is -2.27. The Labute approximate surface area is 495 Å². The van der Waals surface area contributed by atoms with Crippen LogP contribution in [0.1, 0.15) is 45.2 Å². The number of para-hydroxylation sites is 6. The van der Waals surface area contributed by atoms with Gasteiger partial charge in [0.05, 0.1) is 22.1 Å². The van der Waals surface area contributed by atoms with Gasteiger partial charge in [0.15, 0.2) is 34.9 Å². The number of nitrogens with zero attached hydrogens (tertiary/aromatic N) is 10. The molecule has 10 heteroatoms. The summed E-state index contributed by atoms with van der Waals surface area (Å²) >= 11 is 0. The molecular formula is C76H48N10. The Balaban J connectivity index is 0.764. The molecule has 0 amide bonds. The highest BCUT2D eigenvalue weighted by Gasteiger charge is 2.42. The van der Waals surface area contributed by atoms with Gasteiger partial charge >= 0.3 is 0 Å². The number of imidazole rings is 2. The number of rotatable bonds is 10. The molecule has 10 nitrogen and oxygen atoms in total. The molecule has 15 aromatic rings. The second-order valence-corrected chi connectivity index (χ2v) is 21.9. The van der Waals surface area contributed by atoms with Crippen molar-refractivity contribution in [1.82, 2.24) is 49.0 Å². The highest BCUT2D eigenvalue weighted by molar-refractivity contribution is 5.86. The van der Waals surface area contributed by atoms with E-state index in [9.17, 15) is 0 Å². The predicted octanol–water partition coefficient (Wildman–Crippen LogP) is 17.1. The number of aromatic nitrogens is 10. The van der Waals surface area contributed by atoms with Crippen molar-refractivity contribution in [1.29, 1.82) is 0 Å². The van der Waals surface area contributed by atoms with Gasteiger partial charge in [0.25, 0.3) is 0 Å². The van der Waals surface area contributed by atoms with E-state index in [1.54, 1.807) is 0 Å². The molecule has 2 unspecified atom stereocenters. The minimum atomic E-state index is -0.0396. The van der Waals surface area contributed by atoms with Crippen molar-refractivity contribution in [2.75, 3.05) is 0 Å². The zero-order valence-corrected chi connectivity index (χ0v) is 46.2. The third-order valence-electron chi connectivity index (χ3n) is 16.8. The summed E-state index contributed by atoms with van der Waals surface area (Å²) in [7, 11) is 0. The molecule has 11 aromatic carbocycles. The van der Waals surface area contributed by atoms with Crippen LogP contribution in [0.15, 0.2) is 279 Å². The summed E-state index contributed by atoms with van der Waals surface area (Å²) in [6.07, 6.45) is 0. The summed E-state index contributed by atoms with van der Waals surface area (Å²) in [6.45, 7) is 0. The van der Waals surface area contributed by atoms with Crippen molar-refractivity contribution in [3.05, 3.63) is 312 Å². The molecule has 2 bridgehead atoms. The van der Waals surface area contributed by atoms with Gasteiger partial charge in [-0.15, -0.1) is 0 Å². The van der Waals surface area contributed by atoms with Gasteiger partial charge in [-0.3, -0.25) is 9.13 Å². The molecule has 0 saturated heterocycles. The van der Waals surface area contributed by atoms with E-state index in [1.165, 1.54) is 33.4 Å². The largest absolute Gasteiger partial charge is 0.292 e. The molecule has 18 rings (SSSR count). The summed E-state index contributed by atoms with van der Waals surface area (Å²) in [4.78, 5) is 41.9. The lowest BCUT2D eigenvalue weighted by Gasteiger charge is -2.42. The van der Waals surface area contributed by atoms with Crippen molar-refractivity contribution in [3.8, 4) is 102 Å². The fraction of sp³-hybridized carbons (Fsp3) is 0.0263. The van der Waals surface area contributed by atoms with Crippen molar-refractivity contribution >= 4 is 22.1 Å². The molecule has 3 aliphatic carbocycles. The zero-order valence-electron chi connectivity index (χ0n) is 46.2. The van der Waals surface area contributed by atoms with Crippen molar-refractivity contribution < 1.29 is 0 Å². The van der Waals surface area contributed by atoms with Crippen molar-refractivity contribution in [2.45, 2.75) is 11.8 Å². The summed E-state index contributed by atoms with van der Waals surface area (Å²) < 4.78 is 4.44. The lowest BCUT2D eigenvalue weighted by atomic mass is 9.61. The van der Waals surface area contributed by atoms with Gasteiger partial charge in [-0.05, 0) is 106 Å². The van der Waals surface area contributed by atoms with E-state index in [4.69, 9.17) is 39.9 Å². The number of benzene rings is 11. The van der Waals surface area contributed by atoms with Crippen molar-refractivity contribution in [3.63, 3.8) is 0 Å². The summed E-state index contributed by atoms with van der Waals surface area (Å²) in [6, 6.07) is 97.0. The van der Waals surface area contributed by atoms with Crippen LogP contribution in [0.3, 0.4) is 0 Å². The van der Waals surface area contributed by atoms with Crippen LogP contribution in [0.25, 0.3) is 125 Å². The zero-order chi connectivity index (χ0) is 56.7. The number of fused-ring (bicyclic) bond motifs is 2. The molecule has 0 aliphatic heterocycles. The Morgan fingerprint density at radius 3 is 0.919 bits per heavy atom. The molecule has 0 spiro atoms. The van der Waals surface area contributed by atoms with Crippen LogP contribution in [0, 0.1) is 0 Å². The SMILES string of the molecule is c1ccc(-c2nc(-c3cccc(-c4nc5ccccc5n4-c4ccccc4)c3)nc(-c3ccc4c(c3)C3c5ccccc5C4c4cc(-c5nc(-c6ccccc6)nc(-c6cccc(-c7nc8ccccc8n7-c7ccccc7)c6)n5)ccc43)n2)cc1. The Hall–Kier alpha value is -11.6. The van der Waals surface area contributed by atoms with Crippen LogP contribution in [-0.4, -0.2) is 49.0 Å². The van der Waals surface area contributed by atoms with E-state index in [0.29, 0.717) is 34.9 Å². The fourth-order valence-corrected chi connectivity index (χ4v) is 12.9. The van der Waals surface area contributed by atoms with E-state index in [2.05, 4.69) is 228 Å². The number of hydrogen-bond donors (Lipinski definition) is 0. The average Bonchev–Trinajstić information content (AvgIpc) is 0.970. The molecule has 0 radical (unpaired) electrons. The maximum atomic E-state index is 5.33. The molecule has 4 heterocycles. The Bertz CT molecular complexity index is 4810. The van der Waals surface area contributed by atoms with Gasteiger partial charge in [0.1, 0.15) is 11.6 Å². The molecular weight excluding hydrogens is 1050 g/mol. The van der Waals surface area contributed by atoms with Crippen LogP contribution >= 0.6 is 0 Å². The van der Waals surface area contributed by atoms with Crippen LogP contribution in [0.4, 0.5) is 0 Å². The third kappa shape index (κ3) is 8.25. The number of hydrogen-bond acceptors (Lipinski definition) is 8. The van der Waals surface area contributed by atoms with E-state index in [0.717, 1.165) is 89.6 Å². The third-order valence-corrected chi connectivity index (χ3v) is 16.8. The fourth-order valence-electron chi connectivity index (χ4n) is 12.9. The van der Waals surface area contributed by atoms with Gasteiger partial charge in [-0.1, -0.05) is 206 Å². The molecule has 2 atom stereocenters. The molecule has 3 aliphatic rings.